The van der Waals surface area contributed by atoms with Gasteiger partial charge in [0.1, 0.15) is 5.69 Å². The molecule has 0 amide bonds. The van der Waals surface area contributed by atoms with Gasteiger partial charge in [0.15, 0.2) is 6.29 Å². The van der Waals surface area contributed by atoms with E-state index in [0.29, 0.717) is 29.8 Å². The van der Waals surface area contributed by atoms with Crippen molar-refractivity contribution in [3.63, 3.8) is 0 Å². The van der Waals surface area contributed by atoms with Crippen molar-refractivity contribution in [3.8, 4) is 5.88 Å². The van der Waals surface area contributed by atoms with E-state index >= 15 is 0 Å². The highest BCUT2D eigenvalue weighted by molar-refractivity contribution is 6.28. The van der Waals surface area contributed by atoms with Gasteiger partial charge >= 0.3 is 0 Å². The summed E-state index contributed by atoms with van der Waals surface area (Å²) < 4.78 is 15.1. The predicted molar refractivity (Wildman–Crippen MR) is 88.7 cm³/mol. The Labute approximate surface area is 141 Å². The van der Waals surface area contributed by atoms with Crippen LogP contribution >= 0.6 is 11.6 Å². The Bertz CT molecular complexity index is 526. The largest absolute Gasteiger partial charge is 0.479 e. The molecule has 0 bridgehead atoms. The maximum Gasteiger partial charge on any atom is 0.244 e. The first-order valence-corrected chi connectivity index (χ1v) is 7.75. The van der Waals surface area contributed by atoms with Gasteiger partial charge in [0, 0.05) is 6.21 Å². The number of methoxy groups -OCH3 is 1. The number of hydrogen-bond donors (Lipinski definition) is 1. The number of aromatic nitrogens is 2. The molecule has 0 spiro atoms. The van der Waals surface area contributed by atoms with Crippen molar-refractivity contribution in [2.45, 2.75) is 40.1 Å². The molecule has 2 atom stereocenters. The highest BCUT2D eigenvalue weighted by Crippen LogP contribution is 2.28. The lowest BCUT2D eigenvalue weighted by molar-refractivity contribution is -0.0853. The molecule has 1 aliphatic heterocycles. The van der Waals surface area contributed by atoms with Gasteiger partial charge in [-0.2, -0.15) is 4.98 Å². The molecule has 1 saturated heterocycles. The summed E-state index contributed by atoms with van der Waals surface area (Å²) in [6.07, 6.45) is 1.60. The second-order valence-corrected chi connectivity index (χ2v) is 5.69. The lowest BCUT2D eigenvalue weighted by Crippen LogP contribution is -2.13. The average Bonchev–Trinajstić information content (AvgIpc) is 2.91. The molecule has 2 heterocycles. The Morgan fingerprint density at radius 1 is 1.48 bits per heavy atom. The van der Waals surface area contributed by atoms with E-state index in [9.17, 15) is 0 Å². The number of aliphatic hydroxyl groups excluding tert-OH is 1. The first-order valence-electron chi connectivity index (χ1n) is 7.37. The van der Waals surface area contributed by atoms with Crippen LogP contribution in [-0.2, 0) is 9.47 Å². The van der Waals surface area contributed by atoms with Crippen molar-refractivity contribution in [1.82, 2.24) is 9.97 Å². The van der Waals surface area contributed by atoms with Gasteiger partial charge in [0.05, 0.1) is 32.1 Å². The summed E-state index contributed by atoms with van der Waals surface area (Å²) in [5.74, 6) is 0.772. The molecule has 1 aromatic rings. The molecule has 0 radical (unpaired) electrons. The third kappa shape index (κ3) is 6.78. The third-order valence-corrected chi connectivity index (χ3v) is 2.91. The van der Waals surface area contributed by atoms with E-state index in [1.54, 1.807) is 0 Å². The summed E-state index contributed by atoms with van der Waals surface area (Å²) in [6, 6.07) is 0. The van der Waals surface area contributed by atoms with E-state index in [4.69, 9.17) is 30.9 Å². The monoisotopic (exact) mass is 345 g/mol. The Morgan fingerprint density at radius 3 is 2.61 bits per heavy atom. The summed E-state index contributed by atoms with van der Waals surface area (Å²) in [5.41, 5.74) is 1.35. The number of rotatable bonds is 4. The highest BCUT2D eigenvalue weighted by Gasteiger charge is 2.20. The molecule has 1 aromatic heterocycles. The molecule has 0 aromatic carbocycles. The number of halogens is 1. The minimum atomic E-state index is -0.370. The minimum absolute atomic E-state index is 0.0374. The minimum Gasteiger partial charge on any atom is -0.479 e. The van der Waals surface area contributed by atoms with E-state index < -0.39 is 0 Å². The van der Waals surface area contributed by atoms with Crippen molar-refractivity contribution in [1.29, 1.82) is 0 Å². The molecule has 0 saturated carbocycles. The molecular formula is C15H24ClN3O4. The topological polar surface area (TPSA) is 86.1 Å². The Balaban J connectivity index is 0.000000277. The molecule has 1 aliphatic rings. The van der Waals surface area contributed by atoms with E-state index in [1.165, 1.54) is 7.11 Å². The molecule has 130 valence electrons. The molecule has 1 N–H and O–H groups in total. The normalized spacial score (nSPS) is 20.7. The fraction of sp³-hybridized carbons (Fsp3) is 0.667. The molecule has 23 heavy (non-hydrogen) atoms. The summed E-state index contributed by atoms with van der Waals surface area (Å²) in [7, 11) is 1.53. The zero-order valence-corrected chi connectivity index (χ0v) is 14.9. The molecule has 2 rings (SSSR count). The maximum atomic E-state index is 8.43. The van der Waals surface area contributed by atoms with Crippen LogP contribution in [0.2, 0.25) is 5.28 Å². The van der Waals surface area contributed by atoms with Crippen molar-refractivity contribution in [3.05, 3.63) is 11.0 Å². The standard InChI is InChI=1S/C10H14ClN3O.C5H10O3/c1-6(2)5-12-8-7(3)13-10(11)14-9(8)15-4;1-4-3-7-5(2-6)8-4/h5-6H,1-4H3;4-6H,2-3H2,1H3. The van der Waals surface area contributed by atoms with E-state index in [1.807, 2.05) is 33.9 Å². The van der Waals surface area contributed by atoms with Gasteiger partial charge in [-0.05, 0) is 31.4 Å². The fourth-order valence-electron chi connectivity index (χ4n) is 1.70. The molecule has 2 unspecified atom stereocenters. The Morgan fingerprint density at radius 2 is 2.17 bits per heavy atom. The Hall–Kier alpha value is -1.28. The molecular weight excluding hydrogens is 322 g/mol. The second kappa shape index (κ2) is 9.77. The first kappa shape index (κ1) is 19.8. The lowest BCUT2D eigenvalue weighted by Gasteiger charge is -2.06. The first-order chi connectivity index (χ1) is 10.9. The summed E-state index contributed by atoms with van der Waals surface area (Å²) in [5, 5.41) is 8.61. The van der Waals surface area contributed by atoms with Gasteiger partial charge in [-0.15, -0.1) is 0 Å². The number of aliphatic imine (C=N–C) groups is 1. The summed E-state index contributed by atoms with van der Waals surface area (Å²) in [4.78, 5) is 12.3. The van der Waals surface area contributed by atoms with Crippen LogP contribution in [0.15, 0.2) is 4.99 Å². The van der Waals surface area contributed by atoms with Gasteiger partial charge in [-0.3, -0.25) is 4.99 Å². The zero-order chi connectivity index (χ0) is 17.4. The predicted octanol–water partition coefficient (Wildman–Crippen LogP) is 2.55. The van der Waals surface area contributed by atoms with Crippen LogP contribution in [-0.4, -0.2) is 54.0 Å². The number of nitrogens with zero attached hydrogens (tertiary/aromatic N) is 3. The number of aryl methyl sites for hydroxylation is 1. The van der Waals surface area contributed by atoms with Crippen molar-refractivity contribution in [2.24, 2.45) is 10.9 Å². The Kier molecular flexibility index (Phi) is 8.40. The summed E-state index contributed by atoms with van der Waals surface area (Å²) in [6.45, 7) is 8.39. The third-order valence-electron chi connectivity index (χ3n) is 2.74. The van der Waals surface area contributed by atoms with E-state index in [-0.39, 0.29) is 24.3 Å². The van der Waals surface area contributed by atoms with Crippen molar-refractivity contribution >= 4 is 23.5 Å². The maximum absolute atomic E-state index is 8.43. The van der Waals surface area contributed by atoms with Crippen LogP contribution in [0.3, 0.4) is 0 Å². The highest BCUT2D eigenvalue weighted by atomic mass is 35.5. The van der Waals surface area contributed by atoms with Gasteiger partial charge in [-0.25, -0.2) is 4.98 Å². The number of ether oxygens (including phenoxy) is 3. The van der Waals surface area contributed by atoms with E-state index in [0.717, 1.165) is 0 Å². The fourth-order valence-corrected chi connectivity index (χ4v) is 1.90. The van der Waals surface area contributed by atoms with Gasteiger partial charge in [0.25, 0.3) is 0 Å². The van der Waals surface area contributed by atoms with Crippen LogP contribution in [0.25, 0.3) is 0 Å². The second-order valence-electron chi connectivity index (χ2n) is 5.35. The molecule has 8 heteroatoms. The molecule has 7 nitrogen and oxygen atoms in total. The molecule has 1 fully saturated rings. The number of hydrogen-bond acceptors (Lipinski definition) is 7. The SMILES string of the molecule is CC1COC(CO)O1.COc1nc(Cl)nc(C)c1N=CC(C)C. The van der Waals surface area contributed by atoms with Crippen LogP contribution < -0.4 is 4.74 Å². The van der Waals surface area contributed by atoms with E-state index in [2.05, 4.69) is 15.0 Å². The number of aliphatic hydroxyl groups is 1. The quantitative estimate of drug-likeness (QED) is 0.666. The average molecular weight is 346 g/mol. The zero-order valence-electron chi connectivity index (χ0n) is 14.1. The van der Waals surface area contributed by atoms with Crippen LogP contribution in [0.5, 0.6) is 5.88 Å². The van der Waals surface area contributed by atoms with Crippen LogP contribution in [0.4, 0.5) is 5.69 Å². The van der Waals surface area contributed by atoms with Crippen LogP contribution in [0.1, 0.15) is 26.5 Å². The van der Waals surface area contributed by atoms with Gasteiger partial charge < -0.3 is 19.3 Å². The molecule has 0 aliphatic carbocycles. The smallest absolute Gasteiger partial charge is 0.244 e. The van der Waals surface area contributed by atoms with Gasteiger partial charge in [-0.1, -0.05) is 13.8 Å². The van der Waals surface area contributed by atoms with Crippen molar-refractivity contribution < 1.29 is 19.3 Å². The van der Waals surface area contributed by atoms with Crippen LogP contribution in [0, 0.1) is 12.8 Å². The lowest BCUT2D eigenvalue weighted by atomic mass is 10.2. The van der Waals surface area contributed by atoms with Crippen molar-refractivity contribution in [2.75, 3.05) is 20.3 Å². The summed E-state index contributed by atoms with van der Waals surface area (Å²) >= 11 is 5.71. The van der Waals surface area contributed by atoms with Gasteiger partial charge in [0.2, 0.25) is 11.2 Å².